The zero-order valence-corrected chi connectivity index (χ0v) is 12.8. The van der Waals surface area contributed by atoms with Crippen molar-refractivity contribution in [1.82, 2.24) is 4.98 Å². The topological polar surface area (TPSA) is 91.5 Å². The third-order valence-corrected chi connectivity index (χ3v) is 2.69. The Hall–Kier alpha value is -2.47. The molecule has 0 spiro atoms. The van der Waals surface area contributed by atoms with Crippen LogP contribution in [0.4, 0.5) is 0 Å². The summed E-state index contributed by atoms with van der Waals surface area (Å²) < 4.78 is 10.4. The molecule has 1 aromatic heterocycles. The summed E-state index contributed by atoms with van der Waals surface area (Å²) in [4.78, 5) is 27.6. The van der Waals surface area contributed by atoms with Crippen LogP contribution >= 0.6 is 0 Å². The smallest absolute Gasteiger partial charge is 0.357 e. The van der Waals surface area contributed by atoms with E-state index in [4.69, 9.17) is 15.2 Å². The molecule has 0 aliphatic heterocycles. The van der Waals surface area contributed by atoms with Crippen molar-refractivity contribution in [2.24, 2.45) is 5.73 Å². The minimum atomic E-state index is -0.591. The Morgan fingerprint density at radius 3 is 2.55 bits per heavy atom. The Morgan fingerprint density at radius 2 is 1.91 bits per heavy atom. The molecule has 116 valence electrons. The van der Waals surface area contributed by atoms with Crippen molar-refractivity contribution in [2.75, 3.05) is 6.54 Å². The third-order valence-electron chi connectivity index (χ3n) is 2.69. The predicted molar refractivity (Wildman–Crippen MR) is 81.6 cm³/mol. The second-order valence-corrected chi connectivity index (χ2v) is 5.70. The quantitative estimate of drug-likeness (QED) is 0.689. The minimum Gasteiger partial charge on any atom is -0.455 e. The highest BCUT2D eigenvalue weighted by Gasteiger charge is 2.19. The van der Waals surface area contributed by atoms with Crippen molar-refractivity contribution < 1.29 is 19.1 Å². The van der Waals surface area contributed by atoms with Crippen molar-refractivity contribution in [3.63, 3.8) is 0 Å². The van der Waals surface area contributed by atoms with Crippen LogP contribution in [0, 0.1) is 0 Å². The lowest BCUT2D eigenvalue weighted by atomic mass is 10.1. The van der Waals surface area contributed by atoms with E-state index in [1.165, 1.54) is 6.07 Å². The molecule has 0 aliphatic carbocycles. The third kappa shape index (κ3) is 3.79. The average Bonchev–Trinajstić information content (AvgIpc) is 2.45. The molecule has 6 nitrogen and oxygen atoms in total. The summed E-state index contributed by atoms with van der Waals surface area (Å²) in [5.41, 5.74) is 5.38. The molecule has 0 atom stereocenters. The lowest BCUT2D eigenvalue weighted by Gasteiger charge is -2.19. The number of rotatable bonds is 3. The molecule has 0 amide bonds. The molecule has 0 radical (unpaired) electrons. The summed E-state index contributed by atoms with van der Waals surface area (Å²) in [6.07, 6.45) is 0. The minimum absolute atomic E-state index is 0.199. The number of pyridine rings is 1. The molecule has 1 heterocycles. The zero-order chi connectivity index (χ0) is 16.3. The molecule has 0 bridgehead atoms. The van der Waals surface area contributed by atoms with Crippen LogP contribution in [-0.4, -0.2) is 29.1 Å². The predicted octanol–water partition coefficient (Wildman–Crippen LogP) is 2.05. The van der Waals surface area contributed by atoms with Gasteiger partial charge >= 0.3 is 11.9 Å². The van der Waals surface area contributed by atoms with Gasteiger partial charge in [0.2, 0.25) is 0 Å². The van der Waals surface area contributed by atoms with E-state index < -0.39 is 17.5 Å². The first-order valence-electron chi connectivity index (χ1n) is 6.84. The highest BCUT2D eigenvalue weighted by atomic mass is 16.6. The highest BCUT2D eigenvalue weighted by Crippen LogP contribution is 2.25. The summed E-state index contributed by atoms with van der Waals surface area (Å²) in [5.74, 6) is -0.682. The molecule has 2 rings (SSSR count). The van der Waals surface area contributed by atoms with Gasteiger partial charge in [0.1, 0.15) is 17.0 Å². The van der Waals surface area contributed by atoms with Gasteiger partial charge < -0.3 is 15.2 Å². The molecule has 6 heteroatoms. The number of fused-ring (bicyclic) bond motifs is 1. The fourth-order valence-electron chi connectivity index (χ4n) is 1.82. The van der Waals surface area contributed by atoms with Crippen molar-refractivity contribution in [2.45, 2.75) is 26.4 Å². The molecule has 0 saturated heterocycles. The van der Waals surface area contributed by atoms with Crippen molar-refractivity contribution in [3.8, 4) is 5.75 Å². The number of esters is 2. The van der Waals surface area contributed by atoms with Crippen LogP contribution in [0.3, 0.4) is 0 Å². The molecular formula is C16H18N2O4. The van der Waals surface area contributed by atoms with Gasteiger partial charge in [-0.1, -0.05) is 6.07 Å². The van der Waals surface area contributed by atoms with Crippen LogP contribution in [0.1, 0.15) is 31.3 Å². The normalized spacial score (nSPS) is 11.3. The molecule has 2 N–H and O–H groups in total. The molecule has 0 unspecified atom stereocenters. The monoisotopic (exact) mass is 302 g/mol. The van der Waals surface area contributed by atoms with E-state index in [0.717, 1.165) is 0 Å². The summed E-state index contributed by atoms with van der Waals surface area (Å²) in [5, 5.41) is 0.622. The number of ether oxygens (including phenoxy) is 2. The Morgan fingerprint density at radius 1 is 1.18 bits per heavy atom. The number of hydrogen-bond donors (Lipinski definition) is 1. The second-order valence-electron chi connectivity index (χ2n) is 5.70. The molecule has 2 aromatic rings. The Bertz CT molecular complexity index is 720. The lowest BCUT2D eigenvalue weighted by molar-refractivity contribution is -0.132. The van der Waals surface area contributed by atoms with Crippen LogP contribution in [0.5, 0.6) is 5.75 Å². The van der Waals surface area contributed by atoms with Crippen molar-refractivity contribution in [3.05, 3.63) is 36.0 Å². The number of carbonyl (C=O) groups is 2. The fourth-order valence-corrected chi connectivity index (χ4v) is 1.82. The number of hydrogen-bond acceptors (Lipinski definition) is 6. The van der Waals surface area contributed by atoms with E-state index in [0.29, 0.717) is 16.7 Å². The van der Waals surface area contributed by atoms with Gasteiger partial charge in [-0.3, -0.25) is 4.79 Å². The van der Waals surface area contributed by atoms with Gasteiger partial charge in [0, 0.05) is 5.39 Å². The zero-order valence-electron chi connectivity index (χ0n) is 12.8. The van der Waals surface area contributed by atoms with E-state index >= 15 is 0 Å². The summed E-state index contributed by atoms with van der Waals surface area (Å²) in [6, 6.07) is 8.26. The molecule has 0 saturated carbocycles. The standard InChI is InChI=1S/C16H18N2O4/c1-16(2,3)22-15(20)12-8-7-10-11(18-12)5-4-6-13(10)21-14(19)9-17/h4-8H,9,17H2,1-3H3. The van der Waals surface area contributed by atoms with Crippen LogP contribution < -0.4 is 10.5 Å². The number of nitrogens with zero attached hydrogens (tertiary/aromatic N) is 1. The maximum Gasteiger partial charge on any atom is 0.357 e. The lowest BCUT2D eigenvalue weighted by Crippen LogP contribution is -2.24. The number of benzene rings is 1. The van der Waals surface area contributed by atoms with Gasteiger partial charge in [-0.2, -0.15) is 0 Å². The van der Waals surface area contributed by atoms with E-state index in [9.17, 15) is 9.59 Å². The number of aromatic nitrogens is 1. The van der Waals surface area contributed by atoms with E-state index in [1.54, 1.807) is 45.0 Å². The van der Waals surface area contributed by atoms with Gasteiger partial charge in [-0.25, -0.2) is 9.78 Å². The molecule has 0 fully saturated rings. The molecular weight excluding hydrogens is 284 g/mol. The average molecular weight is 302 g/mol. The second kappa shape index (κ2) is 6.11. The van der Waals surface area contributed by atoms with Crippen molar-refractivity contribution >= 4 is 22.8 Å². The van der Waals surface area contributed by atoms with E-state index in [2.05, 4.69) is 4.98 Å². The first-order valence-corrected chi connectivity index (χ1v) is 6.84. The maximum absolute atomic E-state index is 12.0. The maximum atomic E-state index is 12.0. The Balaban J connectivity index is 2.36. The largest absolute Gasteiger partial charge is 0.455 e. The van der Waals surface area contributed by atoms with Crippen LogP contribution in [-0.2, 0) is 9.53 Å². The number of carbonyl (C=O) groups excluding carboxylic acids is 2. The fraction of sp³-hybridized carbons (Fsp3) is 0.312. The van der Waals surface area contributed by atoms with Crippen LogP contribution in [0.15, 0.2) is 30.3 Å². The first-order chi connectivity index (χ1) is 10.3. The van der Waals surface area contributed by atoms with Gasteiger partial charge in [0.25, 0.3) is 0 Å². The highest BCUT2D eigenvalue weighted by molar-refractivity contribution is 5.94. The van der Waals surface area contributed by atoms with Gasteiger partial charge in [0.05, 0.1) is 12.1 Å². The number of nitrogens with two attached hydrogens (primary N) is 1. The summed E-state index contributed by atoms with van der Waals surface area (Å²) in [7, 11) is 0. The van der Waals surface area contributed by atoms with Crippen LogP contribution in [0.2, 0.25) is 0 Å². The Labute approximate surface area is 128 Å². The van der Waals surface area contributed by atoms with Crippen molar-refractivity contribution in [1.29, 1.82) is 0 Å². The summed E-state index contributed by atoms with van der Waals surface area (Å²) >= 11 is 0. The van der Waals surface area contributed by atoms with E-state index in [1.807, 2.05) is 0 Å². The molecule has 1 aromatic carbocycles. The van der Waals surface area contributed by atoms with Crippen LogP contribution in [0.25, 0.3) is 10.9 Å². The van der Waals surface area contributed by atoms with Gasteiger partial charge in [0.15, 0.2) is 0 Å². The SMILES string of the molecule is CC(C)(C)OC(=O)c1ccc2c(OC(=O)CN)cccc2n1. The molecule has 22 heavy (non-hydrogen) atoms. The van der Waals surface area contributed by atoms with Gasteiger partial charge in [-0.15, -0.1) is 0 Å². The molecule has 0 aliphatic rings. The summed E-state index contributed by atoms with van der Waals surface area (Å²) in [6.45, 7) is 5.16. The first kappa shape index (κ1) is 15.9. The van der Waals surface area contributed by atoms with Gasteiger partial charge in [-0.05, 0) is 45.0 Å². The Kier molecular flexibility index (Phi) is 4.42. The van der Waals surface area contributed by atoms with E-state index in [-0.39, 0.29) is 12.2 Å².